The first-order valence-electron chi connectivity index (χ1n) is 6.37. The molecule has 0 bridgehead atoms. The summed E-state index contributed by atoms with van der Waals surface area (Å²) in [6, 6.07) is 0.586. The molecule has 16 heavy (non-hydrogen) atoms. The Morgan fingerprint density at radius 1 is 1.19 bits per heavy atom. The standard InChI is InChI=1S/C12H28N4/c1-12(11-14(2)3)13-5-6-16-9-7-15(4)8-10-16/h12-13H,5-11H2,1-4H3. The van der Waals surface area contributed by atoms with Gasteiger partial charge in [-0.2, -0.15) is 0 Å². The summed E-state index contributed by atoms with van der Waals surface area (Å²) in [6.07, 6.45) is 0. The largest absolute Gasteiger partial charge is 0.312 e. The van der Waals surface area contributed by atoms with Gasteiger partial charge in [0.2, 0.25) is 0 Å². The summed E-state index contributed by atoms with van der Waals surface area (Å²) in [5.74, 6) is 0. The van der Waals surface area contributed by atoms with E-state index in [-0.39, 0.29) is 0 Å². The van der Waals surface area contributed by atoms with Crippen LogP contribution in [0.1, 0.15) is 6.92 Å². The van der Waals surface area contributed by atoms with Crippen LogP contribution in [0.15, 0.2) is 0 Å². The Morgan fingerprint density at radius 2 is 1.81 bits per heavy atom. The summed E-state index contributed by atoms with van der Waals surface area (Å²) >= 11 is 0. The average molecular weight is 228 g/mol. The molecular weight excluding hydrogens is 200 g/mol. The molecule has 1 rings (SSSR count). The Labute approximate surface area is 101 Å². The predicted octanol–water partition coefficient (Wildman–Crippen LogP) is -0.226. The Bertz CT molecular complexity index is 176. The number of piperazine rings is 1. The van der Waals surface area contributed by atoms with Gasteiger partial charge >= 0.3 is 0 Å². The van der Waals surface area contributed by atoms with Crippen LogP contribution in [0.3, 0.4) is 0 Å². The van der Waals surface area contributed by atoms with Crippen LogP contribution >= 0.6 is 0 Å². The zero-order valence-electron chi connectivity index (χ0n) is 11.4. The van der Waals surface area contributed by atoms with E-state index in [0.717, 1.165) is 13.1 Å². The van der Waals surface area contributed by atoms with Crippen molar-refractivity contribution >= 4 is 0 Å². The van der Waals surface area contributed by atoms with E-state index in [4.69, 9.17) is 0 Å². The van der Waals surface area contributed by atoms with Crippen molar-refractivity contribution in [2.45, 2.75) is 13.0 Å². The lowest BCUT2D eigenvalue weighted by atomic mass is 10.3. The van der Waals surface area contributed by atoms with Gasteiger partial charge in [-0.05, 0) is 28.1 Å². The van der Waals surface area contributed by atoms with Crippen molar-refractivity contribution in [1.82, 2.24) is 20.0 Å². The normalized spacial score (nSPS) is 21.6. The summed E-state index contributed by atoms with van der Waals surface area (Å²) in [5, 5.41) is 3.58. The van der Waals surface area contributed by atoms with E-state index < -0.39 is 0 Å². The van der Waals surface area contributed by atoms with Gasteiger partial charge in [-0.15, -0.1) is 0 Å². The minimum Gasteiger partial charge on any atom is -0.312 e. The first kappa shape index (κ1) is 13.9. The highest BCUT2D eigenvalue weighted by atomic mass is 15.2. The number of likely N-dealkylation sites (N-methyl/N-ethyl adjacent to an activating group) is 2. The number of nitrogens with zero attached hydrogens (tertiary/aromatic N) is 3. The molecule has 96 valence electrons. The van der Waals surface area contributed by atoms with Crippen LogP contribution in [-0.2, 0) is 0 Å². The summed E-state index contributed by atoms with van der Waals surface area (Å²) in [6.45, 7) is 10.5. The van der Waals surface area contributed by atoms with Crippen molar-refractivity contribution in [2.24, 2.45) is 0 Å². The fourth-order valence-electron chi connectivity index (χ4n) is 2.15. The van der Waals surface area contributed by atoms with Crippen molar-refractivity contribution in [3.05, 3.63) is 0 Å². The number of nitrogens with one attached hydrogen (secondary N) is 1. The zero-order chi connectivity index (χ0) is 12.0. The van der Waals surface area contributed by atoms with Crippen molar-refractivity contribution < 1.29 is 0 Å². The van der Waals surface area contributed by atoms with Crippen LogP contribution in [0.25, 0.3) is 0 Å². The molecule has 1 heterocycles. The first-order chi connectivity index (χ1) is 7.58. The Balaban J connectivity index is 2.02. The smallest absolute Gasteiger partial charge is 0.0167 e. The first-order valence-corrected chi connectivity index (χ1v) is 6.37. The summed E-state index contributed by atoms with van der Waals surface area (Å²) in [5.41, 5.74) is 0. The minimum absolute atomic E-state index is 0.586. The lowest BCUT2D eigenvalue weighted by Crippen LogP contribution is -2.47. The van der Waals surface area contributed by atoms with E-state index in [2.05, 4.69) is 48.1 Å². The highest BCUT2D eigenvalue weighted by molar-refractivity contribution is 4.71. The van der Waals surface area contributed by atoms with Gasteiger partial charge < -0.3 is 15.1 Å². The molecule has 1 atom stereocenters. The Kier molecular flexibility index (Phi) is 6.28. The molecule has 0 spiro atoms. The van der Waals surface area contributed by atoms with E-state index in [0.29, 0.717) is 6.04 Å². The molecule has 0 aromatic carbocycles. The highest BCUT2D eigenvalue weighted by Crippen LogP contribution is 1.97. The van der Waals surface area contributed by atoms with E-state index in [1.807, 2.05) is 0 Å². The molecule has 0 aromatic rings. The second-order valence-electron chi connectivity index (χ2n) is 5.26. The van der Waals surface area contributed by atoms with Gasteiger partial charge in [0.15, 0.2) is 0 Å². The second-order valence-corrected chi connectivity index (χ2v) is 5.26. The molecule has 1 N–H and O–H groups in total. The quantitative estimate of drug-likeness (QED) is 0.678. The molecule has 0 aromatic heterocycles. The molecule has 1 aliphatic heterocycles. The maximum Gasteiger partial charge on any atom is 0.0167 e. The van der Waals surface area contributed by atoms with E-state index >= 15 is 0 Å². The second kappa shape index (κ2) is 7.22. The third-order valence-corrected chi connectivity index (χ3v) is 3.16. The molecule has 0 amide bonds. The minimum atomic E-state index is 0.586. The monoisotopic (exact) mass is 228 g/mol. The van der Waals surface area contributed by atoms with Crippen LogP contribution in [0.4, 0.5) is 0 Å². The zero-order valence-corrected chi connectivity index (χ0v) is 11.4. The van der Waals surface area contributed by atoms with Gasteiger partial charge in [0.25, 0.3) is 0 Å². The van der Waals surface area contributed by atoms with Gasteiger partial charge in [0.05, 0.1) is 0 Å². The molecule has 1 saturated heterocycles. The third kappa shape index (κ3) is 5.80. The molecule has 1 aliphatic rings. The molecule has 1 unspecified atom stereocenters. The van der Waals surface area contributed by atoms with Crippen LogP contribution in [-0.4, -0.2) is 87.7 Å². The fraction of sp³-hybridized carbons (Fsp3) is 1.00. The van der Waals surface area contributed by atoms with Crippen LogP contribution in [0, 0.1) is 0 Å². The highest BCUT2D eigenvalue weighted by Gasteiger charge is 2.13. The van der Waals surface area contributed by atoms with Crippen molar-refractivity contribution in [2.75, 3.05) is 67.0 Å². The van der Waals surface area contributed by atoms with Crippen molar-refractivity contribution in [3.8, 4) is 0 Å². The lowest BCUT2D eigenvalue weighted by Gasteiger charge is -2.32. The summed E-state index contributed by atoms with van der Waals surface area (Å²) in [4.78, 5) is 7.18. The van der Waals surface area contributed by atoms with E-state index in [1.165, 1.54) is 32.7 Å². The SMILES string of the molecule is CC(CN(C)C)NCCN1CCN(C)CC1. The van der Waals surface area contributed by atoms with Crippen molar-refractivity contribution in [3.63, 3.8) is 0 Å². The van der Waals surface area contributed by atoms with Crippen LogP contribution in [0.2, 0.25) is 0 Å². The van der Waals surface area contributed by atoms with Crippen LogP contribution in [0.5, 0.6) is 0 Å². The third-order valence-electron chi connectivity index (χ3n) is 3.16. The van der Waals surface area contributed by atoms with Gasteiger partial charge in [-0.3, -0.25) is 4.90 Å². The molecular formula is C12H28N4. The topological polar surface area (TPSA) is 21.8 Å². The molecule has 1 fully saturated rings. The summed E-state index contributed by atoms with van der Waals surface area (Å²) < 4.78 is 0. The van der Waals surface area contributed by atoms with Gasteiger partial charge in [-0.1, -0.05) is 0 Å². The van der Waals surface area contributed by atoms with Crippen LogP contribution < -0.4 is 5.32 Å². The molecule has 0 saturated carbocycles. The van der Waals surface area contributed by atoms with E-state index in [9.17, 15) is 0 Å². The van der Waals surface area contributed by atoms with Gasteiger partial charge in [0.1, 0.15) is 0 Å². The van der Waals surface area contributed by atoms with Gasteiger partial charge in [-0.25, -0.2) is 0 Å². The molecule has 4 heteroatoms. The fourth-order valence-corrected chi connectivity index (χ4v) is 2.15. The molecule has 4 nitrogen and oxygen atoms in total. The number of hydrogen-bond acceptors (Lipinski definition) is 4. The average Bonchev–Trinajstić information content (AvgIpc) is 2.20. The Hall–Kier alpha value is -0.160. The Morgan fingerprint density at radius 3 is 2.38 bits per heavy atom. The number of rotatable bonds is 6. The summed E-state index contributed by atoms with van der Waals surface area (Å²) in [7, 11) is 6.45. The van der Waals surface area contributed by atoms with Gasteiger partial charge in [0, 0.05) is 51.9 Å². The van der Waals surface area contributed by atoms with E-state index in [1.54, 1.807) is 0 Å². The molecule has 0 radical (unpaired) electrons. The van der Waals surface area contributed by atoms with Crippen molar-refractivity contribution in [1.29, 1.82) is 0 Å². The predicted molar refractivity (Wildman–Crippen MR) is 70.0 cm³/mol. The maximum absolute atomic E-state index is 3.58. The lowest BCUT2D eigenvalue weighted by molar-refractivity contribution is 0.153. The maximum atomic E-state index is 3.58. The number of hydrogen-bond donors (Lipinski definition) is 1. The molecule has 0 aliphatic carbocycles.